The van der Waals surface area contributed by atoms with Gasteiger partial charge in [0, 0.05) is 47.9 Å². The molecule has 3 aromatic rings. The first kappa shape index (κ1) is 21.4. The molecule has 34 heavy (non-hydrogen) atoms. The molecule has 6 heteroatoms. The average molecular weight is 470 g/mol. The van der Waals surface area contributed by atoms with Crippen molar-refractivity contribution >= 4 is 33.4 Å². The van der Waals surface area contributed by atoms with Crippen LogP contribution < -0.4 is 0 Å². The van der Waals surface area contributed by atoms with Gasteiger partial charge >= 0.3 is 0 Å². The van der Waals surface area contributed by atoms with Gasteiger partial charge in [0.25, 0.3) is 0 Å². The smallest absolute Gasteiger partial charge is 0.154 e. The number of pyridine rings is 1. The van der Waals surface area contributed by atoms with Crippen LogP contribution in [0.1, 0.15) is 18.4 Å². The van der Waals surface area contributed by atoms with Crippen LogP contribution in [0.5, 0.6) is 0 Å². The molecule has 0 saturated heterocycles. The lowest BCUT2D eigenvalue weighted by Gasteiger charge is -2.47. The minimum absolute atomic E-state index is 0.237. The Morgan fingerprint density at radius 3 is 2.47 bits per heavy atom. The summed E-state index contributed by atoms with van der Waals surface area (Å²) in [6, 6.07) is 21.7. The van der Waals surface area contributed by atoms with Crippen LogP contribution in [0.4, 0.5) is 0 Å². The van der Waals surface area contributed by atoms with Crippen LogP contribution in [0, 0.1) is 5.92 Å². The fourth-order valence-electron chi connectivity index (χ4n) is 5.55. The Bertz CT molecular complexity index is 1340. The largest absolute Gasteiger partial charge is 0.351 e. The van der Waals surface area contributed by atoms with Crippen LogP contribution in [0.2, 0.25) is 0 Å². The second-order valence-corrected chi connectivity index (χ2v) is 10.0. The van der Waals surface area contributed by atoms with Crippen LogP contribution in [-0.4, -0.2) is 58.2 Å². The van der Waals surface area contributed by atoms with Crippen LogP contribution in [0.15, 0.2) is 83.8 Å². The number of fused-ring (bicyclic) bond motifs is 2. The van der Waals surface area contributed by atoms with E-state index in [0.29, 0.717) is 17.1 Å². The molecule has 1 unspecified atom stereocenters. The zero-order valence-corrected chi connectivity index (χ0v) is 20.4. The second-order valence-electron chi connectivity index (χ2n) is 9.67. The van der Waals surface area contributed by atoms with E-state index in [1.54, 1.807) is 0 Å². The number of allylic oxidation sites excluding steroid dienone is 1. The molecule has 0 spiro atoms. The van der Waals surface area contributed by atoms with Gasteiger partial charge in [-0.1, -0.05) is 60.1 Å². The maximum atomic E-state index is 6.71. The average Bonchev–Trinajstić information content (AvgIpc) is 3.11. The van der Waals surface area contributed by atoms with Gasteiger partial charge in [-0.3, -0.25) is 0 Å². The van der Waals surface area contributed by atoms with Gasteiger partial charge in [0.1, 0.15) is 11.9 Å². The summed E-state index contributed by atoms with van der Waals surface area (Å²) in [4.78, 5) is 16.5. The first-order chi connectivity index (χ1) is 16.5. The molecule has 0 N–H and O–H groups in total. The maximum absolute atomic E-state index is 6.71. The summed E-state index contributed by atoms with van der Waals surface area (Å²) < 4.78 is 0. The predicted octanol–water partition coefficient (Wildman–Crippen LogP) is 5.61. The lowest BCUT2D eigenvalue weighted by molar-refractivity contribution is 0.0304. The van der Waals surface area contributed by atoms with Gasteiger partial charge in [-0.15, -0.1) is 0 Å². The molecule has 1 aliphatic carbocycles. The standard InChI is InChI=1S/C28H28ClN5/c1-32(2)22-15-21(16-22)28-33(3)25(26-27(29)30-13-14-34(26)28)20-10-9-19-11-12-23(31-24(19)17-20)18-7-5-4-6-8-18/h4-14,17,21-22,28H,15-16H2,1-3H3. The van der Waals surface area contributed by atoms with Crippen molar-refractivity contribution in [3.63, 3.8) is 0 Å². The molecule has 6 rings (SSSR count). The Morgan fingerprint density at radius 2 is 1.71 bits per heavy atom. The summed E-state index contributed by atoms with van der Waals surface area (Å²) in [6.07, 6.45) is 6.49. The van der Waals surface area contributed by atoms with Gasteiger partial charge in [0.05, 0.1) is 16.9 Å². The van der Waals surface area contributed by atoms with Crippen molar-refractivity contribution in [3.8, 4) is 11.3 Å². The quantitative estimate of drug-likeness (QED) is 0.497. The fraction of sp³-hybridized carbons (Fsp3) is 0.286. The minimum Gasteiger partial charge on any atom is -0.351 e. The molecular formula is C28H28ClN5. The highest BCUT2D eigenvalue weighted by molar-refractivity contribution is 6.70. The van der Waals surface area contributed by atoms with E-state index in [1.165, 1.54) is 12.8 Å². The van der Waals surface area contributed by atoms with E-state index in [9.17, 15) is 0 Å². The molecular weight excluding hydrogens is 442 g/mol. The first-order valence-electron chi connectivity index (χ1n) is 11.8. The fourth-order valence-corrected chi connectivity index (χ4v) is 5.80. The lowest BCUT2D eigenvalue weighted by atomic mass is 9.77. The Labute approximate surface area is 205 Å². The molecule has 3 aliphatic rings. The lowest BCUT2D eigenvalue weighted by Crippen LogP contribution is -2.52. The van der Waals surface area contributed by atoms with Crippen molar-refractivity contribution in [2.24, 2.45) is 10.9 Å². The first-order valence-corrected chi connectivity index (χ1v) is 12.2. The van der Waals surface area contributed by atoms with Gasteiger partial charge in [-0.25, -0.2) is 9.98 Å². The molecule has 2 aliphatic heterocycles. The molecule has 0 amide bonds. The predicted molar refractivity (Wildman–Crippen MR) is 140 cm³/mol. The van der Waals surface area contributed by atoms with Gasteiger partial charge in [-0.2, -0.15) is 0 Å². The summed E-state index contributed by atoms with van der Waals surface area (Å²) in [5.41, 5.74) is 6.29. The highest BCUT2D eigenvalue weighted by atomic mass is 35.5. The summed E-state index contributed by atoms with van der Waals surface area (Å²) >= 11 is 6.71. The van der Waals surface area contributed by atoms with Gasteiger partial charge in [0.2, 0.25) is 0 Å². The number of nitrogens with zero attached hydrogens (tertiary/aromatic N) is 5. The van der Waals surface area contributed by atoms with Crippen LogP contribution in [0.25, 0.3) is 27.9 Å². The van der Waals surface area contributed by atoms with E-state index in [0.717, 1.165) is 39.1 Å². The summed E-state index contributed by atoms with van der Waals surface area (Å²) in [6.45, 7) is 0. The van der Waals surface area contributed by atoms with Crippen LogP contribution in [-0.2, 0) is 0 Å². The van der Waals surface area contributed by atoms with Crippen molar-refractivity contribution in [3.05, 3.63) is 84.3 Å². The minimum atomic E-state index is 0.237. The van der Waals surface area contributed by atoms with E-state index in [1.807, 2.05) is 24.4 Å². The van der Waals surface area contributed by atoms with E-state index < -0.39 is 0 Å². The molecule has 2 aromatic carbocycles. The number of aliphatic imine (C=N–C) groups is 1. The Hall–Kier alpha value is -3.15. The van der Waals surface area contributed by atoms with Crippen molar-refractivity contribution in [1.82, 2.24) is 19.7 Å². The third-order valence-corrected chi connectivity index (χ3v) is 7.74. The second kappa shape index (κ2) is 8.26. The van der Waals surface area contributed by atoms with Crippen molar-refractivity contribution in [2.45, 2.75) is 25.0 Å². The third-order valence-electron chi connectivity index (χ3n) is 7.46. The summed E-state index contributed by atoms with van der Waals surface area (Å²) in [5.74, 6) is 0.570. The molecule has 5 nitrogen and oxygen atoms in total. The number of rotatable bonds is 4. The molecule has 1 atom stereocenters. The normalized spacial score (nSPS) is 24.0. The van der Waals surface area contributed by atoms with E-state index in [2.05, 4.69) is 89.5 Å². The van der Waals surface area contributed by atoms with E-state index in [4.69, 9.17) is 16.6 Å². The number of halogens is 1. The SMILES string of the molecule is CN(C)C1CC(C2N(C)C(c3ccc4ccc(-c5ccccc5)nc4c3)=C3C(Cl)=NC=CN32)C1. The molecule has 1 fully saturated rings. The molecule has 172 valence electrons. The summed E-state index contributed by atoms with van der Waals surface area (Å²) in [5, 5.41) is 1.67. The Morgan fingerprint density at radius 1 is 0.941 bits per heavy atom. The van der Waals surface area contributed by atoms with Crippen LogP contribution >= 0.6 is 11.6 Å². The number of hydrogen-bond acceptors (Lipinski definition) is 5. The highest BCUT2D eigenvalue weighted by Crippen LogP contribution is 2.46. The summed E-state index contributed by atoms with van der Waals surface area (Å²) in [7, 11) is 6.53. The molecule has 1 aromatic heterocycles. The monoisotopic (exact) mass is 469 g/mol. The van der Waals surface area contributed by atoms with Gasteiger partial charge in [0.15, 0.2) is 5.17 Å². The Balaban J connectivity index is 1.41. The number of benzene rings is 2. The van der Waals surface area contributed by atoms with E-state index >= 15 is 0 Å². The zero-order chi connectivity index (χ0) is 23.4. The number of aromatic nitrogens is 1. The third kappa shape index (κ3) is 3.42. The highest BCUT2D eigenvalue weighted by Gasteiger charge is 2.47. The van der Waals surface area contributed by atoms with Crippen molar-refractivity contribution < 1.29 is 0 Å². The molecule has 1 saturated carbocycles. The van der Waals surface area contributed by atoms with Crippen molar-refractivity contribution in [1.29, 1.82) is 0 Å². The zero-order valence-electron chi connectivity index (χ0n) is 19.7. The number of hydrogen-bond donors (Lipinski definition) is 0. The van der Waals surface area contributed by atoms with Gasteiger partial charge < -0.3 is 14.7 Å². The molecule has 3 heterocycles. The van der Waals surface area contributed by atoms with Crippen LogP contribution in [0.3, 0.4) is 0 Å². The molecule has 0 radical (unpaired) electrons. The topological polar surface area (TPSA) is 35.0 Å². The van der Waals surface area contributed by atoms with E-state index in [-0.39, 0.29) is 6.17 Å². The maximum Gasteiger partial charge on any atom is 0.154 e. The Kier molecular flexibility index (Phi) is 5.19. The van der Waals surface area contributed by atoms with Crippen molar-refractivity contribution in [2.75, 3.05) is 21.1 Å². The molecule has 0 bridgehead atoms. The van der Waals surface area contributed by atoms with Gasteiger partial charge in [-0.05, 0) is 39.1 Å².